The minimum atomic E-state index is -0.0789. The zero-order valence-corrected chi connectivity index (χ0v) is 22.6. The number of benzene rings is 3. The molecular weight excluding hydrogens is 470 g/mol. The highest BCUT2D eigenvalue weighted by molar-refractivity contribution is 6.06. The minimum absolute atomic E-state index is 0.0624. The lowest BCUT2D eigenvalue weighted by molar-refractivity contribution is 0.0944. The third-order valence-corrected chi connectivity index (χ3v) is 7.94. The third kappa shape index (κ3) is 5.34. The van der Waals surface area contributed by atoms with Crippen LogP contribution in [-0.4, -0.2) is 23.8 Å². The van der Waals surface area contributed by atoms with Crippen LogP contribution in [0.25, 0.3) is 10.9 Å². The molecule has 38 heavy (non-hydrogen) atoms. The average Bonchev–Trinajstić information content (AvgIpc) is 3.50. The summed E-state index contributed by atoms with van der Waals surface area (Å²) in [4.78, 5) is 19.5. The summed E-state index contributed by atoms with van der Waals surface area (Å²) in [6.07, 6.45) is 7.59. The summed E-state index contributed by atoms with van der Waals surface area (Å²) in [5.41, 5.74) is 5.37. The maximum atomic E-state index is 13.4. The highest BCUT2D eigenvalue weighted by Gasteiger charge is 2.43. The first-order valence-corrected chi connectivity index (χ1v) is 14.1. The Bertz CT molecular complexity index is 1360. The number of para-hydroxylation sites is 1. The van der Waals surface area contributed by atoms with Gasteiger partial charge in [0.2, 0.25) is 0 Å². The molecule has 5 nitrogen and oxygen atoms in total. The maximum Gasteiger partial charge on any atom is 0.253 e. The molecule has 198 valence electrons. The standard InChI is InChI=1S/C31H33N3O2.C2H6/c35-30(32-21-25-12-4-6-14-28(25)31-17-8-11-24(19-31)20-33-31)27-22-34(29-15-7-5-13-26(27)29)36-18-16-23-9-2-1-3-10-23;1-2/h1-7,9-10,12-15,22,24,33H,8,11,16-21H2,(H,32,35);1-2H3. The van der Waals surface area contributed by atoms with Crippen LogP contribution in [0.15, 0.2) is 85.1 Å². The van der Waals surface area contributed by atoms with Gasteiger partial charge in [-0.1, -0.05) is 93.1 Å². The number of rotatable bonds is 8. The Hall–Kier alpha value is -3.57. The van der Waals surface area contributed by atoms with E-state index in [0.29, 0.717) is 18.7 Å². The number of amides is 1. The summed E-state index contributed by atoms with van der Waals surface area (Å²) >= 11 is 0. The molecule has 4 aromatic rings. The van der Waals surface area contributed by atoms with E-state index in [1.807, 2.05) is 62.5 Å². The Morgan fingerprint density at radius 2 is 1.79 bits per heavy atom. The molecule has 1 saturated heterocycles. The van der Waals surface area contributed by atoms with Gasteiger partial charge in [-0.05, 0) is 54.5 Å². The number of nitrogens with one attached hydrogen (secondary N) is 2. The SMILES string of the molecule is CC.O=C(NCc1ccccc1C12CCCC(CN1)C2)c1cn(OCCc2ccccc2)c2ccccc12. The Labute approximate surface area is 226 Å². The Balaban J connectivity index is 0.00000144. The molecule has 1 saturated carbocycles. The molecule has 0 spiro atoms. The van der Waals surface area contributed by atoms with Gasteiger partial charge < -0.3 is 15.5 Å². The van der Waals surface area contributed by atoms with E-state index in [2.05, 4.69) is 47.0 Å². The maximum absolute atomic E-state index is 13.4. The first kappa shape index (κ1) is 26.1. The second kappa shape index (κ2) is 11.9. The summed E-state index contributed by atoms with van der Waals surface area (Å²) in [6, 6.07) is 26.8. The van der Waals surface area contributed by atoms with Gasteiger partial charge >= 0.3 is 0 Å². The lowest BCUT2D eigenvalue weighted by Gasteiger charge is -2.35. The van der Waals surface area contributed by atoms with E-state index in [9.17, 15) is 4.79 Å². The van der Waals surface area contributed by atoms with E-state index in [-0.39, 0.29) is 11.4 Å². The fourth-order valence-electron chi connectivity index (χ4n) is 6.16. The zero-order chi connectivity index (χ0) is 26.4. The number of fused-ring (bicyclic) bond motifs is 3. The van der Waals surface area contributed by atoms with E-state index < -0.39 is 0 Å². The van der Waals surface area contributed by atoms with Crippen molar-refractivity contribution in [1.29, 1.82) is 0 Å². The fraction of sp³-hybridized carbons (Fsp3) is 0.364. The van der Waals surface area contributed by atoms with Crippen LogP contribution < -0.4 is 15.5 Å². The van der Waals surface area contributed by atoms with E-state index in [0.717, 1.165) is 29.8 Å². The molecule has 1 aromatic heterocycles. The van der Waals surface area contributed by atoms with Gasteiger partial charge in [0, 0.05) is 23.9 Å². The second-order valence-electron chi connectivity index (χ2n) is 10.2. The Morgan fingerprint density at radius 1 is 1.03 bits per heavy atom. The van der Waals surface area contributed by atoms with Crippen molar-refractivity contribution in [2.45, 2.75) is 58.0 Å². The molecule has 2 atom stereocenters. The molecule has 2 bridgehead atoms. The highest BCUT2D eigenvalue weighted by Crippen LogP contribution is 2.45. The Morgan fingerprint density at radius 3 is 2.66 bits per heavy atom. The molecule has 1 aliphatic heterocycles. The van der Waals surface area contributed by atoms with E-state index in [1.165, 1.54) is 42.4 Å². The normalized spacial score (nSPS) is 20.0. The molecule has 1 amide bonds. The van der Waals surface area contributed by atoms with E-state index in [4.69, 9.17) is 4.84 Å². The summed E-state index contributed by atoms with van der Waals surface area (Å²) < 4.78 is 1.74. The summed E-state index contributed by atoms with van der Waals surface area (Å²) in [5, 5.41) is 7.93. The quantitative estimate of drug-likeness (QED) is 0.295. The zero-order valence-electron chi connectivity index (χ0n) is 22.6. The van der Waals surface area contributed by atoms with Gasteiger partial charge in [-0.15, -0.1) is 0 Å². The summed E-state index contributed by atoms with van der Waals surface area (Å²) in [6.45, 7) is 6.15. The largest absolute Gasteiger partial charge is 0.413 e. The molecule has 2 unspecified atom stereocenters. The number of nitrogens with zero attached hydrogens (tertiary/aromatic N) is 1. The molecular formula is C33H39N3O2. The molecule has 6 rings (SSSR count). The van der Waals surface area contributed by atoms with Crippen LogP contribution >= 0.6 is 0 Å². The number of hydrogen-bond acceptors (Lipinski definition) is 3. The molecule has 1 aliphatic carbocycles. The van der Waals surface area contributed by atoms with Gasteiger partial charge in [0.05, 0.1) is 17.3 Å². The van der Waals surface area contributed by atoms with Crippen molar-refractivity contribution < 1.29 is 9.63 Å². The molecule has 0 radical (unpaired) electrons. The smallest absolute Gasteiger partial charge is 0.253 e. The second-order valence-corrected chi connectivity index (χ2v) is 10.2. The van der Waals surface area contributed by atoms with Crippen LogP contribution in [0.2, 0.25) is 0 Å². The van der Waals surface area contributed by atoms with Crippen molar-refractivity contribution in [2.24, 2.45) is 5.92 Å². The van der Waals surface area contributed by atoms with Gasteiger partial charge in [0.1, 0.15) is 6.61 Å². The predicted octanol–water partition coefficient (Wildman–Crippen LogP) is 6.26. The van der Waals surface area contributed by atoms with Gasteiger partial charge in [-0.2, -0.15) is 4.73 Å². The first-order valence-electron chi connectivity index (χ1n) is 14.1. The van der Waals surface area contributed by atoms with E-state index in [1.54, 1.807) is 4.73 Å². The molecule has 2 heterocycles. The minimum Gasteiger partial charge on any atom is -0.413 e. The van der Waals surface area contributed by atoms with Gasteiger partial charge in [0.15, 0.2) is 0 Å². The predicted molar refractivity (Wildman–Crippen MR) is 154 cm³/mol. The molecule has 3 aromatic carbocycles. The topological polar surface area (TPSA) is 55.3 Å². The summed E-state index contributed by atoms with van der Waals surface area (Å²) in [5.74, 6) is 0.694. The van der Waals surface area contributed by atoms with Gasteiger partial charge in [-0.3, -0.25) is 4.79 Å². The lowest BCUT2D eigenvalue weighted by Crippen LogP contribution is -2.38. The molecule has 5 heteroatoms. The molecule has 2 N–H and O–H groups in total. The van der Waals surface area contributed by atoms with Crippen LogP contribution in [-0.2, 0) is 18.5 Å². The third-order valence-electron chi connectivity index (χ3n) is 7.94. The van der Waals surface area contributed by atoms with Crippen LogP contribution in [0.1, 0.15) is 66.6 Å². The van der Waals surface area contributed by atoms with Crippen molar-refractivity contribution in [2.75, 3.05) is 13.2 Å². The number of carbonyl (C=O) groups is 1. The van der Waals surface area contributed by atoms with Gasteiger partial charge in [-0.25, -0.2) is 0 Å². The molecule has 2 aliphatic rings. The first-order chi connectivity index (χ1) is 18.7. The lowest BCUT2D eigenvalue weighted by atomic mass is 9.74. The fourth-order valence-corrected chi connectivity index (χ4v) is 6.16. The number of aromatic nitrogens is 1. The van der Waals surface area contributed by atoms with Crippen LogP contribution in [0.5, 0.6) is 0 Å². The highest BCUT2D eigenvalue weighted by atomic mass is 16.7. The van der Waals surface area contributed by atoms with Crippen molar-refractivity contribution >= 4 is 16.8 Å². The van der Waals surface area contributed by atoms with Crippen LogP contribution in [0.3, 0.4) is 0 Å². The average molecular weight is 510 g/mol. The van der Waals surface area contributed by atoms with E-state index >= 15 is 0 Å². The van der Waals surface area contributed by atoms with Crippen LogP contribution in [0, 0.1) is 5.92 Å². The number of hydrogen-bond donors (Lipinski definition) is 2. The van der Waals surface area contributed by atoms with Crippen molar-refractivity contribution in [3.05, 3.63) is 107 Å². The van der Waals surface area contributed by atoms with Gasteiger partial charge in [0.25, 0.3) is 5.91 Å². The Kier molecular flexibility index (Phi) is 8.14. The summed E-state index contributed by atoms with van der Waals surface area (Å²) in [7, 11) is 0. The number of carbonyl (C=O) groups excluding carboxylic acids is 1. The molecule has 2 fully saturated rings. The van der Waals surface area contributed by atoms with Crippen molar-refractivity contribution in [3.8, 4) is 0 Å². The van der Waals surface area contributed by atoms with Crippen LogP contribution in [0.4, 0.5) is 0 Å². The van der Waals surface area contributed by atoms with Crippen molar-refractivity contribution in [3.63, 3.8) is 0 Å². The monoisotopic (exact) mass is 509 g/mol. The van der Waals surface area contributed by atoms with Crippen molar-refractivity contribution in [1.82, 2.24) is 15.4 Å².